The Kier molecular flexibility index (Phi) is 5.95. The molecule has 1 N–H and O–H groups in total. The molecular formula is C15H23FN2O2. The summed E-state index contributed by atoms with van der Waals surface area (Å²) in [6.07, 6.45) is 0. The van der Waals surface area contributed by atoms with Crippen LogP contribution in [0.2, 0.25) is 0 Å². The molecule has 1 amide bonds. The zero-order chi connectivity index (χ0) is 15.3. The van der Waals surface area contributed by atoms with Gasteiger partial charge in [-0.25, -0.2) is 4.39 Å². The number of rotatable bonds is 6. The van der Waals surface area contributed by atoms with Gasteiger partial charge >= 0.3 is 0 Å². The van der Waals surface area contributed by atoms with E-state index in [-0.39, 0.29) is 23.7 Å². The van der Waals surface area contributed by atoms with Gasteiger partial charge in [0.1, 0.15) is 0 Å². The van der Waals surface area contributed by atoms with Gasteiger partial charge in [0.15, 0.2) is 11.6 Å². The van der Waals surface area contributed by atoms with Crippen molar-refractivity contribution in [1.82, 2.24) is 10.2 Å². The van der Waals surface area contributed by atoms with Crippen LogP contribution in [0.5, 0.6) is 5.75 Å². The maximum Gasteiger partial charge on any atom is 0.239 e. The highest BCUT2D eigenvalue weighted by Crippen LogP contribution is 2.22. The normalized spacial score (nSPS) is 13.7. The van der Waals surface area contributed by atoms with Crippen LogP contribution < -0.4 is 10.1 Å². The first kappa shape index (κ1) is 16.4. The minimum Gasteiger partial charge on any atom is -0.494 e. The Hall–Kier alpha value is -1.62. The van der Waals surface area contributed by atoms with E-state index in [9.17, 15) is 9.18 Å². The molecule has 4 nitrogen and oxygen atoms in total. The summed E-state index contributed by atoms with van der Waals surface area (Å²) in [4.78, 5) is 13.6. The molecule has 0 spiro atoms. The van der Waals surface area contributed by atoms with E-state index in [1.807, 2.05) is 20.8 Å². The highest BCUT2D eigenvalue weighted by molar-refractivity contribution is 5.81. The van der Waals surface area contributed by atoms with Crippen molar-refractivity contribution in [3.63, 3.8) is 0 Å². The molecule has 0 fully saturated rings. The van der Waals surface area contributed by atoms with E-state index in [2.05, 4.69) is 5.32 Å². The van der Waals surface area contributed by atoms with Gasteiger partial charge in [-0.05, 0) is 38.5 Å². The largest absolute Gasteiger partial charge is 0.494 e. The molecule has 2 atom stereocenters. The molecule has 0 saturated heterocycles. The van der Waals surface area contributed by atoms with Crippen molar-refractivity contribution in [2.45, 2.75) is 32.9 Å². The second-order valence-electron chi connectivity index (χ2n) is 4.86. The number of halogens is 1. The number of ether oxygens (including phenoxy) is 1. The molecule has 0 saturated carbocycles. The smallest absolute Gasteiger partial charge is 0.239 e. The molecule has 0 aliphatic carbocycles. The van der Waals surface area contributed by atoms with Crippen LogP contribution in [0.15, 0.2) is 18.2 Å². The molecule has 2 unspecified atom stereocenters. The first-order valence-corrected chi connectivity index (χ1v) is 6.75. The van der Waals surface area contributed by atoms with Gasteiger partial charge in [0.25, 0.3) is 0 Å². The molecule has 20 heavy (non-hydrogen) atoms. The minimum absolute atomic E-state index is 0.0216. The highest BCUT2D eigenvalue weighted by Gasteiger charge is 2.19. The standard InChI is InChI=1S/C15H23FN2O2/c1-6-18(4)15(19)11(3)17-10(2)12-7-8-14(20-5)13(16)9-12/h7-11,17H,6H2,1-5H3. The van der Waals surface area contributed by atoms with Gasteiger partial charge in [-0.3, -0.25) is 10.1 Å². The quantitative estimate of drug-likeness (QED) is 0.871. The SMILES string of the molecule is CCN(C)C(=O)C(C)NC(C)c1ccc(OC)c(F)c1. The lowest BCUT2D eigenvalue weighted by atomic mass is 10.1. The zero-order valence-electron chi connectivity index (χ0n) is 12.7. The summed E-state index contributed by atoms with van der Waals surface area (Å²) in [5.41, 5.74) is 0.780. The van der Waals surface area contributed by atoms with Crippen LogP contribution in [0.3, 0.4) is 0 Å². The van der Waals surface area contributed by atoms with E-state index in [0.717, 1.165) is 5.56 Å². The Morgan fingerprint density at radius 3 is 2.60 bits per heavy atom. The number of amides is 1. The number of carbonyl (C=O) groups is 1. The summed E-state index contributed by atoms with van der Waals surface area (Å²) >= 11 is 0. The monoisotopic (exact) mass is 282 g/mol. The fraction of sp³-hybridized carbons (Fsp3) is 0.533. The van der Waals surface area contributed by atoms with Gasteiger partial charge in [-0.15, -0.1) is 0 Å². The van der Waals surface area contributed by atoms with Gasteiger partial charge in [0, 0.05) is 19.6 Å². The van der Waals surface area contributed by atoms with E-state index in [1.165, 1.54) is 13.2 Å². The number of likely N-dealkylation sites (N-methyl/N-ethyl adjacent to an activating group) is 1. The molecule has 0 aliphatic rings. The summed E-state index contributed by atoms with van der Waals surface area (Å²) in [5.74, 6) is -0.160. The number of methoxy groups -OCH3 is 1. The molecule has 112 valence electrons. The molecule has 5 heteroatoms. The number of hydrogen-bond donors (Lipinski definition) is 1. The predicted octanol–water partition coefficient (Wildman–Crippen LogP) is 2.35. The number of hydrogen-bond acceptors (Lipinski definition) is 3. The van der Waals surface area contributed by atoms with Crippen LogP contribution in [0.4, 0.5) is 4.39 Å². The first-order valence-electron chi connectivity index (χ1n) is 6.75. The van der Waals surface area contributed by atoms with E-state index >= 15 is 0 Å². The molecule has 0 bridgehead atoms. The lowest BCUT2D eigenvalue weighted by Gasteiger charge is -2.24. The highest BCUT2D eigenvalue weighted by atomic mass is 19.1. The summed E-state index contributed by atoms with van der Waals surface area (Å²) in [5, 5.41) is 3.18. The molecular weight excluding hydrogens is 259 g/mol. The summed E-state index contributed by atoms with van der Waals surface area (Å²) < 4.78 is 18.6. The Balaban J connectivity index is 2.73. The predicted molar refractivity (Wildman–Crippen MR) is 77.3 cm³/mol. The third-order valence-corrected chi connectivity index (χ3v) is 3.40. The average molecular weight is 282 g/mol. The lowest BCUT2D eigenvalue weighted by molar-refractivity contribution is -0.131. The summed E-state index contributed by atoms with van der Waals surface area (Å²) in [7, 11) is 3.19. The summed E-state index contributed by atoms with van der Waals surface area (Å²) in [6.45, 7) is 6.30. The van der Waals surface area contributed by atoms with Crippen LogP contribution in [-0.4, -0.2) is 37.6 Å². The first-order chi connectivity index (χ1) is 9.40. The topological polar surface area (TPSA) is 41.6 Å². The maximum absolute atomic E-state index is 13.7. The molecule has 0 aliphatic heterocycles. The Morgan fingerprint density at radius 1 is 1.45 bits per heavy atom. The second kappa shape index (κ2) is 7.24. The van der Waals surface area contributed by atoms with Crippen LogP contribution in [-0.2, 0) is 4.79 Å². The van der Waals surface area contributed by atoms with E-state index in [4.69, 9.17) is 4.74 Å². The zero-order valence-corrected chi connectivity index (χ0v) is 12.7. The third-order valence-electron chi connectivity index (χ3n) is 3.40. The fourth-order valence-electron chi connectivity index (χ4n) is 1.98. The molecule has 0 aromatic heterocycles. The fourth-order valence-corrected chi connectivity index (χ4v) is 1.98. The Bertz CT molecular complexity index is 465. The molecule has 1 aromatic carbocycles. The van der Waals surface area contributed by atoms with Crippen LogP contribution >= 0.6 is 0 Å². The number of benzene rings is 1. The van der Waals surface area contributed by atoms with Crippen molar-refractivity contribution in [1.29, 1.82) is 0 Å². The van der Waals surface area contributed by atoms with Gasteiger partial charge < -0.3 is 9.64 Å². The number of nitrogens with zero attached hydrogens (tertiary/aromatic N) is 1. The van der Waals surface area contributed by atoms with Crippen molar-refractivity contribution in [3.8, 4) is 5.75 Å². The van der Waals surface area contributed by atoms with Crippen molar-refractivity contribution < 1.29 is 13.9 Å². The second-order valence-corrected chi connectivity index (χ2v) is 4.86. The van der Waals surface area contributed by atoms with Gasteiger partial charge in [0.05, 0.1) is 13.2 Å². The van der Waals surface area contributed by atoms with Crippen LogP contribution in [0.25, 0.3) is 0 Å². The van der Waals surface area contributed by atoms with Crippen molar-refractivity contribution >= 4 is 5.91 Å². The van der Waals surface area contributed by atoms with Gasteiger partial charge in [-0.2, -0.15) is 0 Å². The maximum atomic E-state index is 13.7. The van der Waals surface area contributed by atoms with Crippen LogP contribution in [0.1, 0.15) is 32.4 Å². The van der Waals surface area contributed by atoms with Crippen LogP contribution in [0, 0.1) is 5.82 Å². The van der Waals surface area contributed by atoms with E-state index < -0.39 is 5.82 Å². The summed E-state index contributed by atoms with van der Waals surface area (Å²) in [6, 6.07) is 4.37. The molecule has 1 aromatic rings. The van der Waals surface area contributed by atoms with Crippen molar-refractivity contribution in [2.75, 3.05) is 20.7 Å². The van der Waals surface area contributed by atoms with Gasteiger partial charge in [-0.1, -0.05) is 6.07 Å². The lowest BCUT2D eigenvalue weighted by Crippen LogP contribution is -2.43. The Labute approximate surface area is 119 Å². The third kappa shape index (κ3) is 3.93. The molecule has 1 rings (SSSR count). The van der Waals surface area contributed by atoms with E-state index in [0.29, 0.717) is 6.54 Å². The van der Waals surface area contributed by atoms with Gasteiger partial charge in [0.2, 0.25) is 5.91 Å². The average Bonchev–Trinajstić information content (AvgIpc) is 2.45. The molecule has 0 radical (unpaired) electrons. The van der Waals surface area contributed by atoms with E-state index in [1.54, 1.807) is 24.1 Å². The van der Waals surface area contributed by atoms with Crippen molar-refractivity contribution in [2.24, 2.45) is 0 Å². The van der Waals surface area contributed by atoms with Crippen molar-refractivity contribution in [3.05, 3.63) is 29.6 Å². The number of carbonyl (C=O) groups excluding carboxylic acids is 1. The molecule has 0 heterocycles. The number of nitrogens with one attached hydrogen (secondary N) is 1. The Morgan fingerprint density at radius 2 is 2.10 bits per heavy atom. The minimum atomic E-state index is -0.400.